The molecule has 0 aromatic carbocycles. The van der Waals surface area contributed by atoms with Gasteiger partial charge in [-0.3, -0.25) is 14.6 Å². The number of rotatable bonds is 6. The van der Waals surface area contributed by atoms with Gasteiger partial charge in [0.05, 0.1) is 5.69 Å². The highest BCUT2D eigenvalue weighted by Crippen LogP contribution is 2.17. The lowest BCUT2D eigenvalue weighted by Crippen LogP contribution is -2.46. The summed E-state index contributed by atoms with van der Waals surface area (Å²) in [5.74, 6) is 0.711. The molecule has 138 valence electrons. The number of carbonyl (C=O) groups is 2. The Morgan fingerprint density at radius 1 is 1.16 bits per heavy atom. The van der Waals surface area contributed by atoms with Gasteiger partial charge in [-0.15, -0.1) is 0 Å². The van der Waals surface area contributed by atoms with Crippen molar-refractivity contribution in [2.75, 3.05) is 39.3 Å². The van der Waals surface area contributed by atoms with Crippen LogP contribution in [-0.4, -0.2) is 76.6 Å². The van der Waals surface area contributed by atoms with E-state index >= 15 is 0 Å². The second kappa shape index (κ2) is 7.13. The van der Waals surface area contributed by atoms with Gasteiger partial charge in [-0.2, -0.15) is 0 Å². The van der Waals surface area contributed by atoms with E-state index in [0.717, 1.165) is 57.1 Å². The largest absolute Gasteiger partial charge is 0.361 e. The van der Waals surface area contributed by atoms with E-state index in [4.69, 9.17) is 4.52 Å². The van der Waals surface area contributed by atoms with E-state index < -0.39 is 5.54 Å². The zero-order chi connectivity index (χ0) is 18.0. The lowest BCUT2D eigenvalue weighted by molar-refractivity contribution is -0.130. The van der Waals surface area contributed by atoms with Crippen molar-refractivity contribution in [1.82, 2.24) is 25.2 Å². The Bertz CT molecular complexity index is 634. The molecule has 1 aromatic rings. The molecule has 0 saturated carbocycles. The van der Waals surface area contributed by atoms with Crippen molar-refractivity contribution in [1.29, 1.82) is 0 Å². The number of aromatic nitrogens is 1. The highest BCUT2D eigenvalue weighted by Gasteiger charge is 2.43. The van der Waals surface area contributed by atoms with Crippen molar-refractivity contribution in [2.45, 2.75) is 39.3 Å². The number of aryl methyl sites for hydroxylation is 1. The van der Waals surface area contributed by atoms with Gasteiger partial charge in [0.25, 0.3) is 5.91 Å². The van der Waals surface area contributed by atoms with Gasteiger partial charge in [0, 0.05) is 45.3 Å². The number of urea groups is 1. The van der Waals surface area contributed by atoms with Gasteiger partial charge < -0.3 is 14.7 Å². The van der Waals surface area contributed by atoms with Crippen molar-refractivity contribution >= 4 is 11.9 Å². The van der Waals surface area contributed by atoms with Crippen LogP contribution < -0.4 is 5.32 Å². The van der Waals surface area contributed by atoms with Crippen LogP contribution in [0.1, 0.15) is 31.7 Å². The molecule has 1 aromatic heterocycles. The van der Waals surface area contributed by atoms with Crippen molar-refractivity contribution in [3.8, 4) is 0 Å². The third kappa shape index (κ3) is 4.19. The van der Waals surface area contributed by atoms with E-state index in [1.165, 1.54) is 4.90 Å². The predicted molar refractivity (Wildman–Crippen MR) is 91.9 cm³/mol. The smallest absolute Gasteiger partial charge is 0.325 e. The first-order valence-electron chi connectivity index (χ1n) is 8.86. The van der Waals surface area contributed by atoms with E-state index in [-0.39, 0.29) is 11.9 Å². The predicted octanol–water partition coefficient (Wildman–Crippen LogP) is 0.821. The summed E-state index contributed by atoms with van der Waals surface area (Å²) in [4.78, 5) is 30.1. The Kier molecular flexibility index (Phi) is 5.10. The number of amides is 3. The molecule has 2 saturated heterocycles. The summed E-state index contributed by atoms with van der Waals surface area (Å²) in [7, 11) is 0. The van der Waals surface area contributed by atoms with Crippen LogP contribution in [-0.2, 0) is 11.3 Å². The number of hydrogen-bond acceptors (Lipinski definition) is 6. The maximum absolute atomic E-state index is 12.1. The minimum absolute atomic E-state index is 0.134. The monoisotopic (exact) mass is 349 g/mol. The molecule has 0 aliphatic carbocycles. The molecule has 2 aliphatic heterocycles. The Labute approximate surface area is 148 Å². The first-order chi connectivity index (χ1) is 11.8. The van der Waals surface area contributed by atoms with Gasteiger partial charge in [-0.05, 0) is 33.7 Å². The molecule has 0 atom stereocenters. The Hall–Kier alpha value is -1.93. The van der Waals surface area contributed by atoms with Crippen molar-refractivity contribution in [3.05, 3.63) is 17.5 Å². The third-order valence-electron chi connectivity index (χ3n) is 4.83. The van der Waals surface area contributed by atoms with Crippen LogP contribution in [0.25, 0.3) is 0 Å². The fourth-order valence-electron chi connectivity index (χ4n) is 3.37. The summed E-state index contributed by atoms with van der Waals surface area (Å²) < 4.78 is 5.11. The normalized spacial score (nSPS) is 21.8. The molecule has 0 unspecified atom stereocenters. The average Bonchev–Trinajstić information content (AvgIpc) is 3.04. The maximum Gasteiger partial charge on any atom is 0.325 e. The number of hydrogen-bond donors (Lipinski definition) is 1. The van der Waals surface area contributed by atoms with Gasteiger partial charge in [-0.1, -0.05) is 5.16 Å². The second-order valence-electron chi connectivity index (χ2n) is 7.41. The number of nitrogens with one attached hydrogen (secondary N) is 1. The third-order valence-corrected chi connectivity index (χ3v) is 4.83. The Morgan fingerprint density at radius 3 is 2.40 bits per heavy atom. The zero-order valence-corrected chi connectivity index (χ0v) is 15.2. The standard InChI is InChI=1S/C17H27N5O3/c1-13-11-14(19-25-13)12-21-9-7-20(8-10-21)5-4-6-22-15(23)17(2,3)18-16(22)24/h11H,4-10,12H2,1-3H3,(H,18,24). The fraction of sp³-hybridized carbons (Fsp3) is 0.706. The summed E-state index contributed by atoms with van der Waals surface area (Å²) in [5.41, 5.74) is 0.203. The summed E-state index contributed by atoms with van der Waals surface area (Å²) in [6.45, 7) is 11.5. The molecule has 0 bridgehead atoms. The molecular weight excluding hydrogens is 322 g/mol. The fourth-order valence-corrected chi connectivity index (χ4v) is 3.37. The topological polar surface area (TPSA) is 81.9 Å². The van der Waals surface area contributed by atoms with Crippen LogP contribution >= 0.6 is 0 Å². The number of nitrogens with zero attached hydrogens (tertiary/aromatic N) is 4. The Morgan fingerprint density at radius 2 is 1.84 bits per heavy atom. The van der Waals surface area contributed by atoms with Crippen LogP contribution in [0.2, 0.25) is 0 Å². The molecule has 8 nitrogen and oxygen atoms in total. The van der Waals surface area contributed by atoms with E-state index in [1.807, 2.05) is 13.0 Å². The Balaban J connectivity index is 1.37. The van der Waals surface area contributed by atoms with Gasteiger partial charge in [0.15, 0.2) is 0 Å². The van der Waals surface area contributed by atoms with Gasteiger partial charge in [0.1, 0.15) is 11.3 Å². The molecule has 2 aliphatic rings. The van der Waals surface area contributed by atoms with Crippen LogP contribution in [0.5, 0.6) is 0 Å². The van der Waals surface area contributed by atoms with E-state index in [1.54, 1.807) is 13.8 Å². The quantitative estimate of drug-likeness (QED) is 0.766. The van der Waals surface area contributed by atoms with Crippen molar-refractivity contribution in [3.63, 3.8) is 0 Å². The molecule has 0 radical (unpaired) electrons. The SMILES string of the molecule is Cc1cc(CN2CCN(CCCN3C(=O)NC(C)(C)C3=O)CC2)no1. The average molecular weight is 349 g/mol. The molecular formula is C17H27N5O3. The first-order valence-corrected chi connectivity index (χ1v) is 8.86. The van der Waals surface area contributed by atoms with E-state index in [9.17, 15) is 9.59 Å². The van der Waals surface area contributed by atoms with Crippen molar-refractivity contribution in [2.24, 2.45) is 0 Å². The number of piperazine rings is 1. The summed E-state index contributed by atoms with van der Waals surface area (Å²) in [6, 6.07) is 1.70. The summed E-state index contributed by atoms with van der Waals surface area (Å²) in [5, 5.41) is 6.76. The molecule has 0 spiro atoms. The summed E-state index contributed by atoms with van der Waals surface area (Å²) in [6.07, 6.45) is 0.803. The van der Waals surface area contributed by atoms with Crippen molar-refractivity contribution < 1.29 is 14.1 Å². The molecule has 3 rings (SSSR count). The maximum atomic E-state index is 12.1. The molecule has 1 N–H and O–H groups in total. The van der Waals surface area contributed by atoms with Crippen LogP contribution in [0.15, 0.2) is 10.6 Å². The molecule has 25 heavy (non-hydrogen) atoms. The number of imide groups is 1. The van der Waals surface area contributed by atoms with E-state index in [0.29, 0.717) is 6.54 Å². The van der Waals surface area contributed by atoms with Gasteiger partial charge >= 0.3 is 6.03 Å². The lowest BCUT2D eigenvalue weighted by Gasteiger charge is -2.34. The molecule has 2 fully saturated rings. The second-order valence-corrected chi connectivity index (χ2v) is 7.41. The van der Waals surface area contributed by atoms with Crippen LogP contribution in [0.4, 0.5) is 4.79 Å². The highest BCUT2D eigenvalue weighted by molar-refractivity contribution is 6.06. The molecule has 3 amide bonds. The molecule has 8 heteroatoms. The zero-order valence-electron chi connectivity index (χ0n) is 15.2. The lowest BCUT2D eigenvalue weighted by atomic mass is 10.1. The molecule has 3 heterocycles. The van der Waals surface area contributed by atoms with Crippen LogP contribution in [0, 0.1) is 6.92 Å². The highest BCUT2D eigenvalue weighted by atomic mass is 16.5. The first kappa shape index (κ1) is 17.9. The minimum Gasteiger partial charge on any atom is -0.361 e. The minimum atomic E-state index is -0.776. The summed E-state index contributed by atoms with van der Waals surface area (Å²) >= 11 is 0. The van der Waals surface area contributed by atoms with Crippen LogP contribution in [0.3, 0.4) is 0 Å². The van der Waals surface area contributed by atoms with Gasteiger partial charge in [0.2, 0.25) is 0 Å². The number of carbonyl (C=O) groups excluding carboxylic acids is 2. The van der Waals surface area contributed by atoms with E-state index in [2.05, 4.69) is 20.3 Å². The van der Waals surface area contributed by atoms with Gasteiger partial charge in [-0.25, -0.2) is 4.79 Å².